The van der Waals surface area contributed by atoms with Crippen LogP contribution >= 0.6 is 34.8 Å². The summed E-state index contributed by atoms with van der Waals surface area (Å²) in [6.07, 6.45) is 0. The van der Waals surface area contributed by atoms with E-state index < -0.39 is 0 Å². The van der Waals surface area contributed by atoms with Crippen molar-refractivity contribution in [1.82, 2.24) is 14.8 Å². The number of rotatable bonds is 2. The first-order valence-electron chi connectivity index (χ1n) is 7.41. The van der Waals surface area contributed by atoms with Crippen molar-refractivity contribution in [2.45, 2.75) is 0 Å². The number of hydrogen-bond acceptors (Lipinski definition) is 3. The molecule has 0 aliphatic carbocycles. The Bertz CT molecular complexity index is 1070. The van der Waals surface area contributed by atoms with Crippen LogP contribution < -0.4 is 5.73 Å². The fourth-order valence-electron chi connectivity index (χ4n) is 2.71. The molecule has 0 saturated carbocycles. The third-order valence-electron chi connectivity index (χ3n) is 3.89. The van der Waals surface area contributed by atoms with Gasteiger partial charge in [-0.25, -0.2) is 9.67 Å². The molecule has 2 aromatic heterocycles. The normalized spacial score (nSPS) is 11.2. The summed E-state index contributed by atoms with van der Waals surface area (Å²) < 4.78 is 1.63. The Kier molecular flexibility index (Phi) is 4.04. The lowest BCUT2D eigenvalue weighted by Gasteiger charge is -2.08. The molecular formula is C18H11Cl3N4. The second kappa shape index (κ2) is 6.23. The summed E-state index contributed by atoms with van der Waals surface area (Å²) in [5, 5.41) is 6.38. The fourth-order valence-corrected chi connectivity index (χ4v) is 3.54. The monoisotopic (exact) mass is 388 g/mol. The molecule has 0 aliphatic heterocycles. The highest BCUT2D eigenvalue weighted by Gasteiger charge is 2.18. The van der Waals surface area contributed by atoms with Crippen LogP contribution in [-0.2, 0) is 0 Å². The van der Waals surface area contributed by atoms with Gasteiger partial charge in [-0.05, 0) is 30.3 Å². The quantitative estimate of drug-likeness (QED) is 0.452. The molecule has 124 valence electrons. The minimum absolute atomic E-state index is 0.264. The van der Waals surface area contributed by atoms with E-state index in [1.165, 1.54) is 0 Å². The fraction of sp³-hybridized carbons (Fsp3) is 0. The smallest absolute Gasteiger partial charge is 0.185 e. The van der Waals surface area contributed by atoms with Crippen LogP contribution in [0.25, 0.3) is 27.8 Å². The van der Waals surface area contributed by atoms with E-state index in [1.807, 2.05) is 36.4 Å². The number of nitrogens with two attached hydrogens (primary N) is 1. The second-order valence-corrected chi connectivity index (χ2v) is 6.60. The van der Waals surface area contributed by atoms with Crippen molar-refractivity contribution in [2.24, 2.45) is 0 Å². The van der Waals surface area contributed by atoms with Gasteiger partial charge in [0.25, 0.3) is 0 Å². The van der Waals surface area contributed by atoms with Gasteiger partial charge in [-0.1, -0.05) is 59.1 Å². The lowest BCUT2D eigenvalue weighted by atomic mass is 10.1. The van der Waals surface area contributed by atoms with Crippen LogP contribution in [0.4, 0.5) is 5.82 Å². The average molecular weight is 390 g/mol. The van der Waals surface area contributed by atoms with Gasteiger partial charge in [0.2, 0.25) is 0 Å². The van der Waals surface area contributed by atoms with Crippen LogP contribution in [0.1, 0.15) is 0 Å². The summed E-state index contributed by atoms with van der Waals surface area (Å²) in [7, 11) is 0. The summed E-state index contributed by atoms with van der Waals surface area (Å²) in [5.41, 5.74) is 8.83. The molecule has 2 aromatic carbocycles. The zero-order valence-corrected chi connectivity index (χ0v) is 15.0. The van der Waals surface area contributed by atoms with Crippen molar-refractivity contribution in [1.29, 1.82) is 0 Å². The summed E-state index contributed by atoms with van der Waals surface area (Å²) in [6.45, 7) is 0. The standard InChI is InChI=1S/C18H11Cl3N4/c19-13-7-4-8-14(20)15(13)11-9-12-17(22)25(10-5-2-1-3-6-10)24-18(12)23-16(11)21/h1-9H,22H2. The lowest BCUT2D eigenvalue weighted by Crippen LogP contribution is -2.01. The third-order valence-corrected chi connectivity index (χ3v) is 4.81. The predicted octanol–water partition coefficient (Wildman–Crippen LogP) is 5.63. The molecule has 0 spiro atoms. The molecular weight excluding hydrogens is 379 g/mol. The minimum atomic E-state index is 0.264. The van der Waals surface area contributed by atoms with Gasteiger partial charge in [0.15, 0.2) is 5.65 Å². The van der Waals surface area contributed by atoms with Gasteiger partial charge in [-0.3, -0.25) is 0 Å². The maximum absolute atomic E-state index is 6.37. The maximum atomic E-state index is 6.37. The molecule has 4 rings (SSSR count). The molecule has 0 aliphatic rings. The first kappa shape index (κ1) is 16.2. The highest BCUT2D eigenvalue weighted by atomic mass is 35.5. The summed E-state index contributed by atoms with van der Waals surface area (Å²) in [4.78, 5) is 4.38. The Morgan fingerprint density at radius 2 is 1.56 bits per heavy atom. The Labute approximate surface area is 158 Å². The van der Waals surface area contributed by atoms with Crippen LogP contribution in [-0.4, -0.2) is 14.8 Å². The molecule has 4 aromatic rings. The molecule has 0 bridgehead atoms. The first-order valence-corrected chi connectivity index (χ1v) is 8.54. The molecule has 0 unspecified atom stereocenters. The van der Waals surface area contributed by atoms with E-state index in [9.17, 15) is 0 Å². The lowest BCUT2D eigenvalue weighted by molar-refractivity contribution is 0.900. The Balaban J connectivity index is 1.98. The molecule has 0 amide bonds. The molecule has 0 fully saturated rings. The van der Waals surface area contributed by atoms with E-state index in [-0.39, 0.29) is 5.15 Å². The van der Waals surface area contributed by atoms with Gasteiger partial charge < -0.3 is 5.73 Å². The molecule has 0 radical (unpaired) electrons. The van der Waals surface area contributed by atoms with Gasteiger partial charge in [0.1, 0.15) is 11.0 Å². The molecule has 2 N–H and O–H groups in total. The number of hydrogen-bond donors (Lipinski definition) is 1. The molecule has 0 atom stereocenters. The highest BCUT2D eigenvalue weighted by molar-refractivity contribution is 6.41. The van der Waals surface area contributed by atoms with Gasteiger partial charge in [0.05, 0.1) is 21.1 Å². The van der Waals surface area contributed by atoms with E-state index in [0.29, 0.717) is 38.0 Å². The predicted molar refractivity (Wildman–Crippen MR) is 104 cm³/mol. The second-order valence-electron chi connectivity index (χ2n) is 5.43. The summed E-state index contributed by atoms with van der Waals surface area (Å²) >= 11 is 19.0. The summed E-state index contributed by atoms with van der Waals surface area (Å²) in [6, 6.07) is 16.7. The van der Waals surface area contributed by atoms with Crippen molar-refractivity contribution < 1.29 is 0 Å². The maximum Gasteiger partial charge on any atom is 0.185 e. The zero-order valence-electron chi connectivity index (χ0n) is 12.7. The summed E-state index contributed by atoms with van der Waals surface area (Å²) in [5.74, 6) is 0.467. The molecule has 2 heterocycles. The van der Waals surface area contributed by atoms with Crippen LogP contribution in [0.5, 0.6) is 0 Å². The molecule has 0 saturated heterocycles. The van der Waals surface area contributed by atoms with E-state index in [2.05, 4.69) is 10.1 Å². The number of benzene rings is 2. The van der Waals surface area contributed by atoms with Gasteiger partial charge in [-0.2, -0.15) is 0 Å². The molecule has 7 heteroatoms. The van der Waals surface area contributed by atoms with E-state index in [1.54, 1.807) is 22.9 Å². The number of nitrogens with zero attached hydrogens (tertiary/aromatic N) is 3. The van der Waals surface area contributed by atoms with Crippen molar-refractivity contribution in [3.8, 4) is 16.8 Å². The number of pyridine rings is 1. The highest BCUT2D eigenvalue weighted by Crippen LogP contribution is 2.40. The zero-order chi connectivity index (χ0) is 17.6. The Hall–Kier alpha value is -2.27. The number of halogens is 3. The minimum Gasteiger partial charge on any atom is -0.383 e. The number of fused-ring (bicyclic) bond motifs is 1. The van der Waals surface area contributed by atoms with E-state index >= 15 is 0 Å². The SMILES string of the molecule is Nc1c2cc(-c3c(Cl)cccc3Cl)c(Cl)nc2nn1-c1ccccc1. The van der Waals surface area contributed by atoms with Crippen molar-refractivity contribution in [3.05, 3.63) is 69.8 Å². The van der Waals surface area contributed by atoms with Gasteiger partial charge >= 0.3 is 0 Å². The third kappa shape index (κ3) is 2.72. The Morgan fingerprint density at radius 3 is 2.24 bits per heavy atom. The van der Waals surface area contributed by atoms with Crippen LogP contribution in [0.2, 0.25) is 15.2 Å². The number of aromatic nitrogens is 3. The van der Waals surface area contributed by atoms with Crippen molar-refractivity contribution >= 4 is 51.7 Å². The number of anilines is 1. The van der Waals surface area contributed by atoms with Gasteiger partial charge in [-0.15, -0.1) is 5.10 Å². The van der Waals surface area contributed by atoms with Crippen molar-refractivity contribution in [2.75, 3.05) is 5.73 Å². The van der Waals surface area contributed by atoms with Crippen LogP contribution in [0, 0.1) is 0 Å². The number of nitrogen functional groups attached to an aromatic ring is 1. The molecule has 25 heavy (non-hydrogen) atoms. The Morgan fingerprint density at radius 1 is 0.880 bits per heavy atom. The largest absolute Gasteiger partial charge is 0.383 e. The average Bonchev–Trinajstić information content (AvgIpc) is 2.92. The van der Waals surface area contributed by atoms with E-state index in [0.717, 1.165) is 5.69 Å². The van der Waals surface area contributed by atoms with Gasteiger partial charge in [0, 0.05) is 11.1 Å². The first-order chi connectivity index (χ1) is 12.1. The van der Waals surface area contributed by atoms with Crippen LogP contribution in [0.15, 0.2) is 54.6 Å². The topological polar surface area (TPSA) is 56.7 Å². The molecule has 4 nitrogen and oxygen atoms in total. The van der Waals surface area contributed by atoms with E-state index in [4.69, 9.17) is 40.5 Å². The van der Waals surface area contributed by atoms with Crippen molar-refractivity contribution in [3.63, 3.8) is 0 Å². The van der Waals surface area contributed by atoms with Crippen LogP contribution in [0.3, 0.4) is 0 Å². The number of para-hydroxylation sites is 1.